The van der Waals surface area contributed by atoms with Gasteiger partial charge in [0.2, 0.25) is 0 Å². The number of hydrogen-bond donors (Lipinski definition) is 1. The Morgan fingerprint density at radius 2 is 2.29 bits per heavy atom. The third-order valence-corrected chi connectivity index (χ3v) is 4.18. The molecule has 1 fully saturated rings. The van der Waals surface area contributed by atoms with Crippen LogP contribution in [0.15, 0.2) is 23.4 Å². The lowest BCUT2D eigenvalue weighted by molar-refractivity contribution is -0.115. The van der Waals surface area contributed by atoms with E-state index in [0.717, 1.165) is 17.7 Å². The zero-order valence-corrected chi connectivity index (χ0v) is 10.1. The summed E-state index contributed by atoms with van der Waals surface area (Å²) in [6, 6.07) is 0.0316. The average molecular weight is 235 g/mol. The number of ether oxygens (including phenoxy) is 1. The summed E-state index contributed by atoms with van der Waals surface area (Å²) in [4.78, 5) is 13.6. The second kappa shape index (κ2) is 3.68. The van der Waals surface area contributed by atoms with E-state index in [1.807, 2.05) is 13.1 Å². The summed E-state index contributed by atoms with van der Waals surface area (Å²) >= 11 is 0. The number of fused-ring (bicyclic) bond motifs is 2. The summed E-state index contributed by atoms with van der Waals surface area (Å²) in [5.74, 6) is 0.146. The van der Waals surface area contributed by atoms with Crippen LogP contribution in [0.5, 0.6) is 0 Å². The molecule has 3 aliphatic rings. The number of rotatable bonds is 1. The minimum Gasteiger partial charge on any atom is -0.390 e. The fraction of sp³-hybridized carbons (Fsp3) is 0.615. The molecule has 0 saturated carbocycles. The molecule has 0 aromatic heterocycles. The van der Waals surface area contributed by atoms with E-state index < -0.39 is 6.10 Å². The van der Waals surface area contributed by atoms with Gasteiger partial charge in [-0.25, -0.2) is 0 Å². The van der Waals surface area contributed by atoms with E-state index in [4.69, 9.17) is 4.74 Å². The molecular formula is C13H17NO3. The van der Waals surface area contributed by atoms with Crippen molar-refractivity contribution in [3.63, 3.8) is 0 Å². The quantitative estimate of drug-likeness (QED) is 0.718. The summed E-state index contributed by atoms with van der Waals surface area (Å²) in [6.07, 6.45) is 3.82. The fourth-order valence-electron chi connectivity index (χ4n) is 3.11. The van der Waals surface area contributed by atoms with Gasteiger partial charge in [-0.3, -0.25) is 4.79 Å². The van der Waals surface area contributed by atoms with Gasteiger partial charge in [0.1, 0.15) is 0 Å². The highest BCUT2D eigenvalue weighted by Gasteiger charge is 2.47. The Hall–Kier alpha value is -1.13. The van der Waals surface area contributed by atoms with Gasteiger partial charge in [-0.2, -0.15) is 0 Å². The van der Waals surface area contributed by atoms with E-state index in [2.05, 4.69) is 4.90 Å². The Morgan fingerprint density at radius 1 is 1.53 bits per heavy atom. The Morgan fingerprint density at radius 3 is 3.00 bits per heavy atom. The van der Waals surface area contributed by atoms with Crippen LogP contribution in [-0.4, -0.2) is 47.7 Å². The maximum atomic E-state index is 11.5. The molecule has 1 N–H and O–H groups in total. The lowest BCUT2D eigenvalue weighted by Crippen LogP contribution is -2.64. The Kier molecular flexibility index (Phi) is 2.38. The zero-order valence-electron chi connectivity index (χ0n) is 10.1. The molecule has 0 spiro atoms. The van der Waals surface area contributed by atoms with Crippen LogP contribution in [-0.2, 0) is 9.53 Å². The molecule has 0 bridgehead atoms. The molecule has 2 heterocycles. The van der Waals surface area contributed by atoms with E-state index >= 15 is 0 Å². The first-order chi connectivity index (χ1) is 8.11. The maximum Gasteiger partial charge on any atom is 0.160 e. The average Bonchev–Trinajstić information content (AvgIpc) is 2.60. The van der Waals surface area contributed by atoms with Gasteiger partial charge >= 0.3 is 0 Å². The molecule has 1 aliphatic carbocycles. The van der Waals surface area contributed by atoms with Gasteiger partial charge in [-0.15, -0.1) is 0 Å². The van der Waals surface area contributed by atoms with Gasteiger partial charge < -0.3 is 14.7 Å². The van der Waals surface area contributed by atoms with Crippen LogP contribution >= 0.6 is 0 Å². The van der Waals surface area contributed by atoms with E-state index in [1.54, 1.807) is 13.2 Å². The van der Waals surface area contributed by atoms with E-state index in [9.17, 15) is 9.90 Å². The summed E-state index contributed by atoms with van der Waals surface area (Å²) < 4.78 is 5.36. The van der Waals surface area contributed by atoms with Gasteiger partial charge in [-0.05, 0) is 17.2 Å². The predicted octanol–water partition coefficient (Wildman–Crippen LogP) is 0.479. The second-order valence-electron chi connectivity index (χ2n) is 5.14. The number of allylic oxidation sites excluding steroid dienone is 2. The molecule has 0 aromatic rings. The normalized spacial score (nSPS) is 39.9. The number of methoxy groups -OCH3 is 1. The van der Waals surface area contributed by atoms with Crippen LogP contribution in [0.2, 0.25) is 0 Å². The number of aliphatic hydroxyl groups is 1. The number of carbonyl (C=O) groups excluding carboxylic acids is 1. The van der Waals surface area contributed by atoms with E-state index in [1.165, 1.54) is 0 Å². The van der Waals surface area contributed by atoms with Crippen LogP contribution in [0.4, 0.5) is 0 Å². The van der Waals surface area contributed by atoms with Gasteiger partial charge in [-0.1, -0.05) is 6.92 Å². The van der Waals surface area contributed by atoms with Crippen LogP contribution in [0.1, 0.15) is 13.3 Å². The van der Waals surface area contributed by atoms with Gasteiger partial charge in [0, 0.05) is 32.2 Å². The molecule has 17 heavy (non-hydrogen) atoms. The highest BCUT2D eigenvalue weighted by atomic mass is 16.5. The predicted molar refractivity (Wildman–Crippen MR) is 62.3 cm³/mol. The Labute approximate surface area is 101 Å². The first-order valence-electron chi connectivity index (χ1n) is 6.04. The Balaban J connectivity index is 1.95. The minimum atomic E-state index is -0.473. The molecule has 2 aliphatic heterocycles. The van der Waals surface area contributed by atoms with Crippen molar-refractivity contribution in [2.24, 2.45) is 5.92 Å². The van der Waals surface area contributed by atoms with Crippen molar-refractivity contribution < 1.29 is 14.6 Å². The molecule has 4 heteroatoms. The molecule has 0 aromatic carbocycles. The smallest absolute Gasteiger partial charge is 0.160 e. The first-order valence-corrected chi connectivity index (χ1v) is 6.04. The topological polar surface area (TPSA) is 49.8 Å². The van der Waals surface area contributed by atoms with Crippen molar-refractivity contribution in [3.05, 3.63) is 23.4 Å². The van der Waals surface area contributed by atoms with Gasteiger partial charge in [0.15, 0.2) is 5.78 Å². The number of aliphatic hydroxyl groups excluding tert-OH is 1. The van der Waals surface area contributed by atoms with Crippen molar-refractivity contribution in [1.82, 2.24) is 4.90 Å². The van der Waals surface area contributed by atoms with Gasteiger partial charge in [0.05, 0.1) is 18.2 Å². The monoisotopic (exact) mass is 235 g/mol. The third-order valence-electron chi connectivity index (χ3n) is 4.18. The molecule has 0 radical (unpaired) electrons. The number of carbonyl (C=O) groups is 1. The molecule has 4 atom stereocenters. The molecule has 92 valence electrons. The van der Waals surface area contributed by atoms with Crippen LogP contribution < -0.4 is 0 Å². The van der Waals surface area contributed by atoms with Crippen LogP contribution in [0.25, 0.3) is 0 Å². The highest BCUT2D eigenvalue weighted by molar-refractivity contribution is 5.97. The highest BCUT2D eigenvalue weighted by Crippen LogP contribution is 2.40. The van der Waals surface area contributed by atoms with Crippen LogP contribution in [0, 0.1) is 5.92 Å². The SMILES string of the molecule is CO[C@H]1CN2C=C3CC(=O)C=C3[C@H](C)[C@@H](O)[C@@H]12. The zero-order chi connectivity index (χ0) is 12.2. The molecular weight excluding hydrogens is 218 g/mol. The molecule has 0 amide bonds. The molecule has 4 nitrogen and oxygen atoms in total. The van der Waals surface area contributed by atoms with Crippen molar-refractivity contribution in [1.29, 1.82) is 0 Å². The third kappa shape index (κ3) is 1.47. The fourth-order valence-corrected chi connectivity index (χ4v) is 3.11. The van der Waals surface area contributed by atoms with Crippen molar-refractivity contribution in [2.45, 2.75) is 31.6 Å². The largest absolute Gasteiger partial charge is 0.390 e. The molecule has 1 saturated heterocycles. The summed E-state index contributed by atoms with van der Waals surface area (Å²) in [6.45, 7) is 2.79. The van der Waals surface area contributed by atoms with Crippen molar-refractivity contribution in [3.8, 4) is 0 Å². The standard InChI is InChI=1S/C13H17NO3/c1-7-10-4-9(15)3-8(10)5-14-6-11(17-2)12(14)13(7)16/h4-5,7,11-13,16H,3,6H2,1-2H3/t7-,11-,12+,13+/m0/s1. The number of ketones is 1. The summed E-state index contributed by atoms with van der Waals surface area (Å²) in [7, 11) is 1.68. The lowest BCUT2D eigenvalue weighted by atomic mass is 9.85. The van der Waals surface area contributed by atoms with Gasteiger partial charge in [0.25, 0.3) is 0 Å². The summed E-state index contributed by atoms with van der Waals surface area (Å²) in [5.41, 5.74) is 2.07. The second-order valence-corrected chi connectivity index (χ2v) is 5.14. The number of hydrogen-bond acceptors (Lipinski definition) is 4. The van der Waals surface area contributed by atoms with Crippen LogP contribution in [0.3, 0.4) is 0 Å². The van der Waals surface area contributed by atoms with Crippen molar-refractivity contribution in [2.75, 3.05) is 13.7 Å². The lowest BCUT2D eigenvalue weighted by Gasteiger charge is -2.49. The Bertz CT molecular complexity index is 426. The van der Waals surface area contributed by atoms with E-state index in [0.29, 0.717) is 6.42 Å². The maximum absolute atomic E-state index is 11.5. The first kappa shape index (κ1) is 11.0. The molecule has 0 unspecified atom stereocenters. The van der Waals surface area contributed by atoms with Crippen molar-refractivity contribution >= 4 is 5.78 Å². The molecule has 3 rings (SSSR count). The minimum absolute atomic E-state index is 0.000602. The summed E-state index contributed by atoms with van der Waals surface area (Å²) in [5, 5.41) is 10.4. The number of nitrogens with zero attached hydrogens (tertiary/aromatic N) is 1. The van der Waals surface area contributed by atoms with E-state index in [-0.39, 0.29) is 23.8 Å².